The van der Waals surface area contributed by atoms with Gasteiger partial charge in [-0.2, -0.15) is 0 Å². The average molecular weight is 470 g/mol. The number of aromatic nitrogens is 2. The lowest BCUT2D eigenvalue weighted by Gasteiger charge is -2.34. The third kappa shape index (κ3) is 7.00. The lowest BCUT2D eigenvalue weighted by atomic mass is 10.2. The molecule has 0 bridgehead atoms. The average Bonchev–Trinajstić information content (AvgIpc) is 3.10. The van der Waals surface area contributed by atoms with Gasteiger partial charge in [0.05, 0.1) is 5.69 Å². The van der Waals surface area contributed by atoms with Crippen LogP contribution in [0.1, 0.15) is 17.0 Å². The zero-order valence-corrected chi connectivity index (χ0v) is 19.7. The van der Waals surface area contributed by atoms with E-state index in [1.165, 1.54) is 17.0 Å². The Morgan fingerprint density at radius 3 is 2.00 bits per heavy atom. The highest BCUT2D eigenvalue weighted by atomic mass is 35.5. The molecule has 0 atom stereocenters. The molecule has 2 heterocycles. The van der Waals surface area contributed by atoms with Crippen LogP contribution < -0.4 is 0 Å². The molecule has 164 valence electrons. The number of hydrogen-bond acceptors (Lipinski definition) is 3. The molecule has 30 heavy (non-hydrogen) atoms. The van der Waals surface area contributed by atoms with E-state index in [4.69, 9.17) is 4.98 Å². The van der Waals surface area contributed by atoms with Gasteiger partial charge in [0.15, 0.2) is 0 Å². The Morgan fingerprint density at radius 2 is 1.37 bits per heavy atom. The van der Waals surface area contributed by atoms with E-state index in [1.54, 1.807) is 0 Å². The predicted octanol–water partition coefficient (Wildman–Crippen LogP) is 5.01. The summed E-state index contributed by atoms with van der Waals surface area (Å²) in [5.41, 5.74) is 4.95. The van der Waals surface area contributed by atoms with Crippen molar-refractivity contribution >= 4 is 37.2 Å². The number of rotatable bonds is 6. The Kier molecular flexibility index (Phi) is 11.5. The molecule has 3 aromatic rings. The number of nitrogens with zero attached hydrogens (tertiary/aromatic N) is 3. The van der Waals surface area contributed by atoms with Crippen molar-refractivity contribution < 1.29 is 0 Å². The molecule has 1 aromatic heterocycles. The minimum absolute atomic E-state index is 0. The topological polar surface area (TPSA) is 35.2 Å². The Labute approximate surface area is 198 Å². The van der Waals surface area contributed by atoms with Crippen LogP contribution in [0.5, 0.6) is 0 Å². The van der Waals surface area contributed by atoms with Gasteiger partial charge in [0.2, 0.25) is 0 Å². The quantitative estimate of drug-likeness (QED) is 0.551. The lowest BCUT2D eigenvalue weighted by molar-refractivity contribution is 0.128. The van der Waals surface area contributed by atoms with Crippen LogP contribution in [0.15, 0.2) is 60.7 Å². The smallest absolute Gasteiger partial charge is 0.137 e. The van der Waals surface area contributed by atoms with Crippen molar-refractivity contribution in [3.05, 3.63) is 77.6 Å². The fourth-order valence-corrected chi connectivity index (χ4v) is 3.75. The number of hydrogen-bond donors (Lipinski definition) is 1. The van der Waals surface area contributed by atoms with Gasteiger partial charge in [0.1, 0.15) is 5.82 Å². The molecule has 4 rings (SSSR count). The minimum atomic E-state index is 0. The Bertz CT molecular complexity index is 847. The first-order valence-electron chi connectivity index (χ1n) is 9.87. The normalized spacial score (nSPS) is 14.3. The van der Waals surface area contributed by atoms with Gasteiger partial charge >= 0.3 is 0 Å². The van der Waals surface area contributed by atoms with Crippen molar-refractivity contribution in [3.63, 3.8) is 0 Å². The molecule has 2 aromatic carbocycles. The molecular weight excluding hydrogens is 439 g/mol. The third-order valence-corrected chi connectivity index (χ3v) is 5.41. The fraction of sp³-hybridized carbons (Fsp3) is 0.348. The first-order valence-corrected chi connectivity index (χ1v) is 9.87. The van der Waals surface area contributed by atoms with Gasteiger partial charge in [0, 0.05) is 56.9 Å². The number of aryl methyl sites for hydroxylation is 1. The second kappa shape index (κ2) is 13.0. The van der Waals surface area contributed by atoms with E-state index in [0.717, 1.165) is 57.1 Å². The SMILES string of the molecule is Cc1[nH]c(-c2ccccc2)nc1CCN1CCN(Cc2ccccc2)CC1.Cl.Cl.Cl. The molecule has 0 unspecified atom stereocenters. The van der Waals surface area contributed by atoms with Crippen LogP contribution in [0.4, 0.5) is 0 Å². The Hall–Kier alpha value is -1.56. The molecule has 0 radical (unpaired) electrons. The monoisotopic (exact) mass is 468 g/mol. The van der Waals surface area contributed by atoms with Crippen LogP contribution in [0.25, 0.3) is 11.4 Å². The van der Waals surface area contributed by atoms with E-state index < -0.39 is 0 Å². The number of nitrogens with one attached hydrogen (secondary N) is 1. The standard InChI is InChI=1S/C23H28N4.3ClH/c1-19-22(25-23(24-19)21-10-6-3-7-11-21)12-13-26-14-16-27(17-15-26)18-20-8-4-2-5-9-20;;;/h2-11H,12-18H2,1H3,(H,24,25);3*1H. The van der Waals surface area contributed by atoms with Crippen LogP contribution in [0.2, 0.25) is 0 Å². The van der Waals surface area contributed by atoms with Gasteiger partial charge in [-0.3, -0.25) is 4.90 Å². The number of imidazole rings is 1. The molecule has 0 saturated carbocycles. The lowest BCUT2D eigenvalue weighted by Crippen LogP contribution is -2.46. The maximum atomic E-state index is 4.84. The number of piperazine rings is 1. The van der Waals surface area contributed by atoms with E-state index in [2.05, 4.69) is 76.3 Å². The summed E-state index contributed by atoms with van der Waals surface area (Å²) in [5, 5.41) is 0. The number of halogens is 3. The van der Waals surface area contributed by atoms with Gasteiger partial charge in [-0.05, 0) is 12.5 Å². The van der Waals surface area contributed by atoms with E-state index in [0.29, 0.717) is 0 Å². The maximum absolute atomic E-state index is 4.84. The Morgan fingerprint density at radius 1 is 0.800 bits per heavy atom. The third-order valence-electron chi connectivity index (χ3n) is 5.41. The van der Waals surface area contributed by atoms with Crippen LogP contribution >= 0.6 is 37.2 Å². The van der Waals surface area contributed by atoms with E-state index in [-0.39, 0.29) is 37.2 Å². The van der Waals surface area contributed by atoms with Gasteiger partial charge in [-0.1, -0.05) is 60.7 Å². The van der Waals surface area contributed by atoms with E-state index in [1.807, 2.05) is 6.07 Å². The van der Waals surface area contributed by atoms with Crippen molar-refractivity contribution in [2.75, 3.05) is 32.7 Å². The molecular formula is C23H31Cl3N4. The summed E-state index contributed by atoms with van der Waals surface area (Å²) >= 11 is 0. The maximum Gasteiger partial charge on any atom is 0.137 e. The summed E-state index contributed by atoms with van der Waals surface area (Å²) in [6.07, 6.45) is 1.01. The number of aromatic amines is 1. The molecule has 7 heteroatoms. The van der Waals surface area contributed by atoms with Crippen molar-refractivity contribution in [3.8, 4) is 11.4 Å². The van der Waals surface area contributed by atoms with Crippen LogP contribution in [0, 0.1) is 6.92 Å². The molecule has 1 saturated heterocycles. The van der Waals surface area contributed by atoms with Crippen molar-refractivity contribution in [2.24, 2.45) is 0 Å². The summed E-state index contributed by atoms with van der Waals surface area (Å²) in [4.78, 5) is 13.4. The molecule has 1 fully saturated rings. The van der Waals surface area contributed by atoms with Crippen LogP contribution in [0.3, 0.4) is 0 Å². The van der Waals surface area contributed by atoms with Crippen LogP contribution in [-0.2, 0) is 13.0 Å². The summed E-state index contributed by atoms with van der Waals surface area (Å²) in [7, 11) is 0. The molecule has 1 aliphatic heterocycles. The molecule has 0 aliphatic carbocycles. The van der Waals surface area contributed by atoms with Gasteiger partial charge in [-0.15, -0.1) is 37.2 Å². The fourth-order valence-electron chi connectivity index (χ4n) is 3.75. The summed E-state index contributed by atoms with van der Waals surface area (Å²) in [6.45, 7) is 8.84. The number of H-pyrrole nitrogens is 1. The Balaban J connectivity index is 0.00000150. The molecule has 4 nitrogen and oxygen atoms in total. The largest absolute Gasteiger partial charge is 0.342 e. The second-order valence-corrected chi connectivity index (χ2v) is 7.38. The highest BCUT2D eigenvalue weighted by Crippen LogP contribution is 2.18. The van der Waals surface area contributed by atoms with Crippen molar-refractivity contribution in [2.45, 2.75) is 19.9 Å². The molecule has 1 aliphatic rings. The zero-order chi connectivity index (χ0) is 18.5. The summed E-state index contributed by atoms with van der Waals surface area (Å²) in [5.74, 6) is 0.982. The predicted molar refractivity (Wildman–Crippen MR) is 132 cm³/mol. The first-order chi connectivity index (χ1) is 13.3. The molecule has 0 spiro atoms. The van der Waals surface area contributed by atoms with Gasteiger partial charge in [0.25, 0.3) is 0 Å². The molecule has 0 amide bonds. The van der Waals surface area contributed by atoms with Crippen LogP contribution in [-0.4, -0.2) is 52.5 Å². The van der Waals surface area contributed by atoms with Gasteiger partial charge < -0.3 is 9.88 Å². The first kappa shape index (κ1) is 26.5. The number of benzene rings is 2. The van der Waals surface area contributed by atoms with Gasteiger partial charge in [-0.25, -0.2) is 4.98 Å². The summed E-state index contributed by atoms with van der Waals surface area (Å²) in [6, 6.07) is 21.1. The van der Waals surface area contributed by atoms with Crippen molar-refractivity contribution in [1.29, 1.82) is 0 Å². The zero-order valence-electron chi connectivity index (χ0n) is 17.3. The molecule has 1 N–H and O–H groups in total. The van der Waals surface area contributed by atoms with Crippen molar-refractivity contribution in [1.82, 2.24) is 19.8 Å². The second-order valence-electron chi connectivity index (χ2n) is 7.38. The minimum Gasteiger partial charge on any atom is -0.342 e. The highest BCUT2D eigenvalue weighted by Gasteiger charge is 2.17. The summed E-state index contributed by atoms with van der Waals surface area (Å²) < 4.78 is 0. The highest BCUT2D eigenvalue weighted by molar-refractivity contribution is 5.86. The van der Waals surface area contributed by atoms with E-state index in [9.17, 15) is 0 Å². The van der Waals surface area contributed by atoms with E-state index >= 15 is 0 Å².